The number of alkyl halides is 12. The van der Waals surface area contributed by atoms with Gasteiger partial charge in [0.1, 0.15) is 0 Å². The van der Waals surface area contributed by atoms with Gasteiger partial charge in [0, 0.05) is 33.0 Å². The lowest BCUT2D eigenvalue weighted by Crippen LogP contribution is -2.30. The highest BCUT2D eigenvalue weighted by molar-refractivity contribution is 6.37. The van der Waals surface area contributed by atoms with Crippen LogP contribution < -0.4 is 4.90 Å². The quantitative estimate of drug-likeness (QED) is 0.123. The van der Waals surface area contributed by atoms with Crippen LogP contribution in [0.3, 0.4) is 0 Å². The molecule has 2 amide bonds. The summed E-state index contributed by atoms with van der Waals surface area (Å²) in [7, 11) is 0. The van der Waals surface area contributed by atoms with Gasteiger partial charge < -0.3 is 4.57 Å². The molecule has 0 saturated carbocycles. The lowest BCUT2D eigenvalue weighted by atomic mass is 9.94. The number of nitrogens with zero attached hydrogens (tertiary/aromatic N) is 2. The van der Waals surface area contributed by atoms with Crippen molar-refractivity contribution < 1.29 is 62.3 Å². The number of anilines is 1. The van der Waals surface area contributed by atoms with Crippen molar-refractivity contribution in [3.8, 4) is 50.2 Å². The fourth-order valence-corrected chi connectivity index (χ4v) is 9.31. The number of carbonyl (C=O) groups excluding carboxylic acids is 2. The van der Waals surface area contributed by atoms with E-state index in [4.69, 9.17) is 0 Å². The summed E-state index contributed by atoms with van der Waals surface area (Å²) in [5.41, 5.74) is -8.22. The largest absolute Gasteiger partial charge is 0.417 e. The summed E-state index contributed by atoms with van der Waals surface area (Å²) in [6.45, 7) is 0. The molecule has 8 aromatic carbocycles. The van der Waals surface area contributed by atoms with Gasteiger partial charge in [0.15, 0.2) is 0 Å². The predicted molar refractivity (Wildman–Crippen MR) is 240 cm³/mol. The molecular weight excluding hydrogens is 937 g/mol. The number of carbonyl (C=O) groups is 2. The van der Waals surface area contributed by atoms with E-state index in [1.807, 2.05) is 0 Å². The molecule has 0 unspecified atom stereocenters. The zero-order valence-electron chi connectivity index (χ0n) is 35.4. The molecule has 10 rings (SSSR count). The first-order chi connectivity index (χ1) is 33.1. The molecule has 1 aromatic heterocycles. The molecule has 70 heavy (non-hydrogen) atoms. The highest BCUT2D eigenvalue weighted by Gasteiger charge is 2.44. The molecule has 0 bridgehead atoms. The van der Waals surface area contributed by atoms with E-state index in [0.29, 0.717) is 46.5 Å². The van der Waals surface area contributed by atoms with Crippen molar-refractivity contribution >= 4 is 39.3 Å². The molecule has 0 N–H and O–H groups in total. The Labute approximate surface area is 388 Å². The third-order valence-corrected chi connectivity index (χ3v) is 12.3. The summed E-state index contributed by atoms with van der Waals surface area (Å²) in [6, 6.07) is 36.2. The van der Waals surface area contributed by atoms with Gasteiger partial charge in [0.2, 0.25) is 0 Å². The third-order valence-electron chi connectivity index (χ3n) is 12.3. The number of hydrogen-bond acceptors (Lipinski definition) is 2. The van der Waals surface area contributed by atoms with Crippen molar-refractivity contribution in [2.24, 2.45) is 0 Å². The Balaban J connectivity index is 1.33. The highest BCUT2D eigenvalue weighted by Crippen LogP contribution is 2.50. The molecule has 0 radical (unpaired) electrons. The first-order valence-electron chi connectivity index (χ1n) is 21.0. The minimum absolute atomic E-state index is 0.0230. The van der Waals surface area contributed by atoms with Crippen molar-refractivity contribution in [1.82, 2.24) is 4.57 Å². The zero-order chi connectivity index (χ0) is 49.7. The highest BCUT2D eigenvalue weighted by atomic mass is 19.4. The average molecular weight is 965 g/mol. The van der Waals surface area contributed by atoms with E-state index in [2.05, 4.69) is 0 Å². The number of benzene rings is 8. The van der Waals surface area contributed by atoms with Crippen molar-refractivity contribution in [3.05, 3.63) is 203 Å². The van der Waals surface area contributed by atoms with Crippen LogP contribution in [0.4, 0.5) is 58.4 Å². The van der Waals surface area contributed by atoms with Crippen LogP contribution in [0.5, 0.6) is 0 Å². The summed E-state index contributed by atoms with van der Waals surface area (Å²) in [4.78, 5) is 31.4. The molecule has 0 fully saturated rings. The number of amides is 2. The van der Waals surface area contributed by atoms with Crippen molar-refractivity contribution in [2.75, 3.05) is 4.90 Å². The van der Waals surface area contributed by atoms with Crippen molar-refractivity contribution in [2.45, 2.75) is 24.7 Å². The number of para-hydroxylation sites is 3. The van der Waals surface area contributed by atoms with Crippen molar-refractivity contribution in [3.63, 3.8) is 0 Å². The van der Waals surface area contributed by atoms with Crippen LogP contribution in [-0.2, 0) is 24.7 Å². The van der Waals surface area contributed by atoms with Crippen LogP contribution >= 0.6 is 0 Å². The van der Waals surface area contributed by atoms with Crippen LogP contribution in [0.1, 0.15) is 43.0 Å². The predicted octanol–water partition coefficient (Wildman–Crippen LogP) is 16.3. The SMILES string of the molecule is O=C1c2cccc(-n3c4c(-c5ccc(C(F)(F)F)cc5C(F)(F)F)cccc4c4cccc(-c5ccc(C(F)(F)F)cc5C(F)(F)F)c43)c2C(=O)N1c1c(-c2ccccc2)cccc1-c1ccccc1. The van der Waals surface area contributed by atoms with Crippen LogP contribution in [0.15, 0.2) is 170 Å². The summed E-state index contributed by atoms with van der Waals surface area (Å²) in [5, 5.41) is 0.0460. The molecule has 2 heterocycles. The van der Waals surface area contributed by atoms with E-state index >= 15 is 31.1 Å². The molecule has 1 aliphatic rings. The average Bonchev–Trinajstić information content (AvgIpc) is 3.80. The van der Waals surface area contributed by atoms with Crippen LogP contribution in [-0.4, -0.2) is 16.4 Å². The van der Waals surface area contributed by atoms with E-state index in [9.17, 15) is 31.1 Å². The Morgan fingerprint density at radius 1 is 0.343 bits per heavy atom. The minimum Gasteiger partial charge on any atom is -0.307 e. The topological polar surface area (TPSA) is 42.3 Å². The number of halogens is 12. The monoisotopic (exact) mass is 964 g/mol. The van der Waals surface area contributed by atoms with Gasteiger partial charge in [-0.3, -0.25) is 9.59 Å². The number of fused-ring (bicyclic) bond motifs is 4. The Kier molecular flexibility index (Phi) is 10.6. The van der Waals surface area contributed by atoms with Gasteiger partial charge in [-0.2, -0.15) is 52.7 Å². The van der Waals surface area contributed by atoms with Gasteiger partial charge in [0.05, 0.1) is 55.8 Å². The normalized spacial score (nSPS) is 13.5. The maximum absolute atomic E-state index is 15.5. The fraction of sp³-hybridized carbons (Fsp3) is 0.0741. The van der Waals surface area contributed by atoms with Gasteiger partial charge in [-0.1, -0.05) is 133 Å². The maximum Gasteiger partial charge on any atom is 0.417 e. The lowest BCUT2D eigenvalue weighted by molar-refractivity contribution is -0.144. The van der Waals surface area contributed by atoms with Gasteiger partial charge in [0.25, 0.3) is 11.8 Å². The van der Waals surface area contributed by atoms with Gasteiger partial charge in [-0.25, -0.2) is 4.90 Å². The van der Waals surface area contributed by atoms with Gasteiger partial charge in [-0.15, -0.1) is 0 Å². The Hall–Kier alpha value is -8.14. The second kappa shape index (κ2) is 16.2. The number of hydrogen-bond donors (Lipinski definition) is 0. The molecule has 0 spiro atoms. The first-order valence-corrected chi connectivity index (χ1v) is 21.0. The third kappa shape index (κ3) is 7.54. The molecule has 9 aromatic rings. The van der Waals surface area contributed by atoms with Crippen LogP contribution in [0, 0.1) is 0 Å². The number of imide groups is 1. The molecule has 4 nitrogen and oxygen atoms in total. The van der Waals surface area contributed by atoms with Crippen LogP contribution in [0.25, 0.3) is 72.0 Å². The van der Waals surface area contributed by atoms with E-state index in [1.165, 1.54) is 42.5 Å². The summed E-state index contributed by atoms with van der Waals surface area (Å²) in [5.74, 6) is -1.81. The molecule has 16 heteroatoms. The standard InChI is InChI=1S/C54H28F12N2O2/c55-51(56,57)31-23-25-35(42(27-31)53(61,62)63)37-17-8-19-39-40-20-9-18-38(36-26-24-32(52(58,59)60)28-43(36)54(64,65)66)48(40)67(47(37)39)44-22-10-21-41-45(44)50(70)68(49(41)69)46-33(29-11-3-1-4-12-29)15-7-16-34(46)30-13-5-2-6-14-30/h1-28H. The van der Waals surface area contributed by atoms with Gasteiger partial charge in [-0.05, 0) is 58.7 Å². The zero-order valence-corrected chi connectivity index (χ0v) is 35.4. The summed E-state index contributed by atoms with van der Waals surface area (Å²) >= 11 is 0. The Morgan fingerprint density at radius 3 is 1.17 bits per heavy atom. The van der Waals surface area contributed by atoms with Crippen LogP contribution in [0.2, 0.25) is 0 Å². The van der Waals surface area contributed by atoms with E-state index in [0.717, 1.165) is 21.6 Å². The molecule has 0 saturated heterocycles. The first kappa shape index (κ1) is 45.6. The lowest BCUT2D eigenvalue weighted by Gasteiger charge is -2.23. The minimum atomic E-state index is -5.41. The van der Waals surface area contributed by atoms with E-state index in [1.54, 1.807) is 78.9 Å². The van der Waals surface area contributed by atoms with Gasteiger partial charge >= 0.3 is 24.7 Å². The molecule has 0 aliphatic carbocycles. The molecular formula is C54H28F12N2O2. The molecule has 350 valence electrons. The number of aromatic nitrogens is 1. The number of rotatable bonds is 6. The van der Waals surface area contributed by atoms with Crippen molar-refractivity contribution in [1.29, 1.82) is 0 Å². The van der Waals surface area contributed by atoms with E-state index in [-0.39, 0.29) is 56.4 Å². The Bertz CT molecular complexity index is 3400. The molecule has 1 aliphatic heterocycles. The molecule has 0 atom stereocenters. The Morgan fingerprint density at radius 2 is 0.743 bits per heavy atom. The fourth-order valence-electron chi connectivity index (χ4n) is 9.31. The summed E-state index contributed by atoms with van der Waals surface area (Å²) < 4.78 is 175. The second-order valence-electron chi connectivity index (χ2n) is 16.3. The van der Waals surface area contributed by atoms with E-state index < -0.39 is 81.0 Å². The summed E-state index contributed by atoms with van der Waals surface area (Å²) in [6.07, 6.45) is -21.3. The maximum atomic E-state index is 15.5. The second-order valence-corrected chi connectivity index (χ2v) is 16.3. The smallest absolute Gasteiger partial charge is 0.307 e.